The second kappa shape index (κ2) is 46.8. The zero-order chi connectivity index (χ0) is 47.1. The van der Waals surface area contributed by atoms with Gasteiger partial charge in [-0.3, -0.25) is 9.36 Å². The molecule has 0 fully saturated rings. The molecule has 3 atom stereocenters. The highest BCUT2D eigenvalue weighted by atomic mass is 31.2. The summed E-state index contributed by atoms with van der Waals surface area (Å²) in [4.78, 5) is 25.3. The molecule has 0 aromatic heterocycles. The molecule has 0 saturated carbocycles. The quantitative estimate of drug-likeness (QED) is 0.0272. The van der Waals surface area contributed by atoms with Crippen LogP contribution in [0.15, 0.2) is 36.5 Å². The van der Waals surface area contributed by atoms with Crippen LogP contribution in [0, 0.1) is 0 Å². The summed E-state index contributed by atoms with van der Waals surface area (Å²) in [5, 5.41) is 13.8. The molecule has 0 aliphatic heterocycles. The van der Waals surface area contributed by atoms with Gasteiger partial charge < -0.3 is 28.8 Å². The molecular weight excluding hydrogens is 816 g/mol. The summed E-state index contributed by atoms with van der Waals surface area (Å²) in [5.41, 5.74) is 0. The van der Waals surface area contributed by atoms with E-state index in [1.807, 2.05) is 27.2 Å². The van der Waals surface area contributed by atoms with E-state index < -0.39 is 26.6 Å². The number of allylic oxidation sites excluding steroid dienone is 5. The lowest BCUT2D eigenvalue weighted by Crippen LogP contribution is -2.45. The van der Waals surface area contributed by atoms with Crippen LogP contribution in [0.3, 0.4) is 0 Å². The highest BCUT2D eigenvalue weighted by molar-refractivity contribution is 7.45. The van der Waals surface area contributed by atoms with Gasteiger partial charge in [0.25, 0.3) is 7.82 Å². The minimum Gasteiger partial charge on any atom is -0.756 e. The summed E-state index contributed by atoms with van der Waals surface area (Å²) < 4.78 is 23.2. The Morgan fingerprint density at radius 2 is 0.875 bits per heavy atom. The number of likely N-dealkylation sites (N-methyl/N-ethyl adjacent to an activating group) is 1. The normalized spacial score (nSPS) is 14.3. The Bertz CT molecular complexity index is 1140. The number of unbranched alkanes of at least 4 members (excludes halogenated alkanes) is 33. The van der Waals surface area contributed by atoms with E-state index in [0.29, 0.717) is 17.4 Å². The molecule has 0 aliphatic rings. The largest absolute Gasteiger partial charge is 0.756 e. The first kappa shape index (κ1) is 62.7. The molecule has 0 aromatic rings. The second-order valence-electron chi connectivity index (χ2n) is 19.9. The molecule has 8 nitrogen and oxygen atoms in total. The van der Waals surface area contributed by atoms with Crippen LogP contribution in [0.5, 0.6) is 0 Å². The number of quaternary nitrogens is 1. The first-order chi connectivity index (χ1) is 31.0. The van der Waals surface area contributed by atoms with Crippen molar-refractivity contribution in [1.29, 1.82) is 0 Å². The number of rotatable bonds is 50. The van der Waals surface area contributed by atoms with Crippen molar-refractivity contribution in [3.05, 3.63) is 36.5 Å². The van der Waals surface area contributed by atoms with Crippen LogP contribution in [0.25, 0.3) is 0 Å². The van der Waals surface area contributed by atoms with Crippen LogP contribution in [0.1, 0.15) is 258 Å². The predicted octanol–water partition coefficient (Wildman–Crippen LogP) is 15.6. The van der Waals surface area contributed by atoms with Gasteiger partial charge in [0.2, 0.25) is 5.91 Å². The van der Waals surface area contributed by atoms with E-state index in [4.69, 9.17) is 9.05 Å². The Morgan fingerprint density at radius 1 is 0.531 bits per heavy atom. The van der Waals surface area contributed by atoms with Gasteiger partial charge in [0, 0.05) is 6.42 Å². The molecular formula is C55H107N2O6P. The van der Waals surface area contributed by atoms with Crippen LogP contribution in [0.2, 0.25) is 0 Å². The maximum atomic E-state index is 12.9. The third kappa shape index (κ3) is 48.6. The van der Waals surface area contributed by atoms with E-state index in [0.717, 1.165) is 57.8 Å². The number of aliphatic hydroxyl groups excluding tert-OH is 1. The summed E-state index contributed by atoms with van der Waals surface area (Å²) >= 11 is 0. The number of hydrogen-bond acceptors (Lipinski definition) is 6. The standard InChI is InChI=1S/C55H107N2O6P/c1-6-8-10-12-14-16-18-20-21-22-23-24-25-26-27-28-29-30-31-32-33-34-35-36-37-38-40-42-44-46-48-54(58)53(52-63-64(60,61)62-51-50-57(3,4)5)56-55(59)49-47-45-43-41-39-19-17-15-13-11-9-7-2/h15,17,38,40,46,48,53-54,58H,6-14,16,18-37,39,41-45,47,49-52H2,1-5H3,(H-,56,59,60,61)/b17-15-,40-38+,48-46+. The van der Waals surface area contributed by atoms with Crippen LogP contribution < -0.4 is 10.2 Å². The number of amides is 1. The molecule has 3 unspecified atom stereocenters. The molecule has 0 aromatic carbocycles. The smallest absolute Gasteiger partial charge is 0.268 e. The summed E-state index contributed by atoms with van der Waals surface area (Å²) in [5.74, 6) is -0.216. The van der Waals surface area contributed by atoms with Crippen LogP contribution >= 0.6 is 7.82 Å². The molecule has 9 heteroatoms. The maximum absolute atomic E-state index is 12.9. The number of phosphoric ester groups is 1. The van der Waals surface area contributed by atoms with E-state index >= 15 is 0 Å². The average Bonchev–Trinajstić information content (AvgIpc) is 3.25. The Kier molecular flexibility index (Phi) is 45.9. The predicted molar refractivity (Wildman–Crippen MR) is 275 cm³/mol. The summed E-state index contributed by atoms with van der Waals surface area (Å²) in [7, 11) is 1.24. The topological polar surface area (TPSA) is 108 Å². The van der Waals surface area contributed by atoms with Crippen molar-refractivity contribution in [2.75, 3.05) is 40.9 Å². The van der Waals surface area contributed by atoms with Crippen molar-refractivity contribution in [1.82, 2.24) is 5.32 Å². The Morgan fingerprint density at radius 3 is 1.30 bits per heavy atom. The molecule has 2 N–H and O–H groups in total. The zero-order valence-corrected chi connectivity index (χ0v) is 43.9. The lowest BCUT2D eigenvalue weighted by atomic mass is 10.0. The molecule has 0 rings (SSSR count). The lowest BCUT2D eigenvalue weighted by Gasteiger charge is -2.29. The molecule has 0 spiro atoms. The van der Waals surface area contributed by atoms with Crippen molar-refractivity contribution >= 4 is 13.7 Å². The fraction of sp³-hybridized carbons (Fsp3) is 0.873. The molecule has 0 radical (unpaired) electrons. The fourth-order valence-electron chi connectivity index (χ4n) is 7.99. The highest BCUT2D eigenvalue weighted by Gasteiger charge is 2.23. The van der Waals surface area contributed by atoms with Gasteiger partial charge in [-0.1, -0.05) is 230 Å². The molecule has 1 amide bonds. The van der Waals surface area contributed by atoms with Gasteiger partial charge in [0.05, 0.1) is 39.9 Å². The van der Waals surface area contributed by atoms with Crippen molar-refractivity contribution < 1.29 is 32.9 Å². The number of nitrogens with zero attached hydrogens (tertiary/aromatic N) is 1. The summed E-state index contributed by atoms with van der Waals surface area (Å²) in [6.45, 7) is 4.61. The van der Waals surface area contributed by atoms with Gasteiger partial charge in [0.1, 0.15) is 13.2 Å². The maximum Gasteiger partial charge on any atom is 0.268 e. The molecule has 378 valence electrons. The number of carbonyl (C=O) groups is 1. The van der Waals surface area contributed by atoms with Crippen LogP contribution in [0.4, 0.5) is 0 Å². The highest BCUT2D eigenvalue weighted by Crippen LogP contribution is 2.38. The lowest BCUT2D eigenvalue weighted by molar-refractivity contribution is -0.870. The van der Waals surface area contributed by atoms with Gasteiger partial charge >= 0.3 is 0 Å². The number of phosphoric acid groups is 1. The van der Waals surface area contributed by atoms with Crippen molar-refractivity contribution in [2.24, 2.45) is 0 Å². The average molecular weight is 923 g/mol. The number of nitrogens with one attached hydrogen (secondary N) is 1. The third-order valence-corrected chi connectivity index (χ3v) is 13.3. The fourth-order valence-corrected chi connectivity index (χ4v) is 8.71. The molecule has 0 saturated heterocycles. The van der Waals surface area contributed by atoms with Gasteiger partial charge in [-0.2, -0.15) is 0 Å². The van der Waals surface area contributed by atoms with Gasteiger partial charge in [0.15, 0.2) is 0 Å². The van der Waals surface area contributed by atoms with Crippen molar-refractivity contribution in [3.63, 3.8) is 0 Å². The molecule has 0 aliphatic carbocycles. The molecule has 64 heavy (non-hydrogen) atoms. The van der Waals surface area contributed by atoms with E-state index in [9.17, 15) is 19.4 Å². The van der Waals surface area contributed by atoms with Gasteiger partial charge in [-0.05, 0) is 57.8 Å². The second-order valence-corrected chi connectivity index (χ2v) is 21.3. The van der Waals surface area contributed by atoms with Gasteiger partial charge in [-0.25, -0.2) is 0 Å². The van der Waals surface area contributed by atoms with E-state index in [1.165, 1.54) is 180 Å². The first-order valence-corrected chi connectivity index (χ1v) is 28.8. The summed E-state index contributed by atoms with van der Waals surface area (Å²) in [6.07, 6.45) is 59.5. The number of hydrogen-bond donors (Lipinski definition) is 2. The zero-order valence-electron chi connectivity index (χ0n) is 43.0. The van der Waals surface area contributed by atoms with Crippen molar-refractivity contribution in [3.8, 4) is 0 Å². The Hall–Kier alpha value is -1.28. The van der Waals surface area contributed by atoms with E-state index in [-0.39, 0.29) is 12.5 Å². The SMILES string of the molecule is CCCCC/C=C\CCCCCCCC(=O)NC(COP(=O)([O-])OCC[N+](C)(C)C)C(O)/C=C/CC/C=C/CCCCCCCCCCCCCCCCCCCCCCCCCC. The van der Waals surface area contributed by atoms with E-state index in [1.54, 1.807) is 6.08 Å². The summed E-state index contributed by atoms with van der Waals surface area (Å²) in [6, 6.07) is -0.906. The van der Waals surface area contributed by atoms with Gasteiger partial charge in [-0.15, -0.1) is 0 Å². The Labute approximate surface area is 397 Å². The monoisotopic (exact) mass is 923 g/mol. The van der Waals surface area contributed by atoms with Crippen LogP contribution in [-0.2, 0) is 18.4 Å². The minimum absolute atomic E-state index is 0.00775. The minimum atomic E-state index is -4.60. The van der Waals surface area contributed by atoms with Crippen LogP contribution in [-0.4, -0.2) is 68.5 Å². The van der Waals surface area contributed by atoms with E-state index in [2.05, 4.69) is 43.5 Å². The third-order valence-electron chi connectivity index (χ3n) is 12.3. The molecule has 0 bridgehead atoms. The first-order valence-electron chi connectivity index (χ1n) is 27.4. The number of aliphatic hydroxyl groups is 1. The molecule has 0 heterocycles. The Balaban J connectivity index is 4.14. The number of carbonyl (C=O) groups excluding carboxylic acids is 1. The van der Waals surface area contributed by atoms with Crippen molar-refractivity contribution in [2.45, 2.75) is 270 Å².